The van der Waals surface area contributed by atoms with Gasteiger partial charge in [-0.1, -0.05) is 30.3 Å². The summed E-state index contributed by atoms with van der Waals surface area (Å²) in [4.78, 5) is 25.3. The van der Waals surface area contributed by atoms with Crippen LogP contribution in [0.25, 0.3) is 0 Å². The molecule has 2 N–H and O–H groups in total. The van der Waals surface area contributed by atoms with Crippen molar-refractivity contribution in [2.24, 2.45) is 0 Å². The zero-order chi connectivity index (χ0) is 19.5. The Morgan fingerprint density at radius 3 is 2.50 bits per heavy atom. The Kier molecular flexibility index (Phi) is 5.30. The first-order valence-electron chi connectivity index (χ1n) is 9.63. The monoisotopic (exact) mass is 380 g/mol. The predicted octanol–water partition coefficient (Wildman–Crippen LogP) is 2.48. The highest BCUT2D eigenvalue weighted by Gasteiger charge is 2.31. The van der Waals surface area contributed by atoms with Crippen molar-refractivity contribution in [2.45, 2.75) is 24.8 Å². The van der Waals surface area contributed by atoms with Crippen LogP contribution in [0.1, 0.15) is 50.6 Å². The van der Waals surface area contributed by atoms with Crippen molar-refractivity contribution in [3.05, 3.63) is 64.7 Å². The van der Waals surface area contributed by atoms with E-state index in [0.29, 0.717) is 36.7 Å². The first-order chi connectivity index (χ1) is 13.7. The molecule has 2 heterocycles. The summed E-state index contributed by atoms with van der Waals surface area (Å²) in [5.41, 5.74) is 2.86. The van der Waals surface area contributed by atoms with Gasteiger partial charge in [-0.3, -0.25) is 9.59 Å². The number of hydrogen-bond donors (Lipinski definition) is 2. The molecular weight excluding hydrogens is 356 g/mol. The predicted molar refractivity (Wildman–Crippen MR) is 105 cm³/mol. The maximum atomic E-state index is 12.9. The lowest BCUT2D eigenvalue weighted by Crippen LogP contribution is -2.39. The van der Waals surface area contributed by atoms with Crippen molar-refractivity contribution in [3.63, 3.8) is 0 Å². The fourth-order valence-corrected chi connectivity index (χ4v) is 3.83. The standard InChI is InChI=1S/C22H24N2O4/c1-23-22(26)18-12-15(21(25)24-16-7-9-27-10-8-16)11-17-19(13-28-20(17)18)14-5-3-2-4-6-14/h2-6,11-12,16,19H,7-10,13H2,1H3,(H,23,26)(H,24,25). The molecule has 0 saturated carbocycles. The molecule has 4 rings (SSSR count). The van der Waals surface area contributed by atoms with E-state index in [-0.39, 0.29) is 23.8 Å². The quantitative estimate of drug-likeness (QED) is 0.854. The zero-order valence-corrected chi connectivity index (χ0v) is 15.9. The average molecular weight is 380 g/mol. The lowest BCUT2D eigenvalue weighted by molar-refractivity contribution is 0.0696. The van der Waals surface area contributed by atoms with E-state index >= 15 is 0 Å². The van der Waals surface area contributed by atoms with Crippen LogP contribution in [0.2, 0.25) is 0 Å². The number of amides is 2. The van der Waals surface area contributed by atoms with Crippen LogP contribution in [-0.2, 0) is 4.74 Å². The van der Waals surface area contributed by atoms with Gasteiger partial charge in [-0.05, 0) is 30.5 Å². The maximum Gasteiger partial charge on any atom is 0.254 e. The minimum atomic E-state index is -0.259. The Balaban J connectivity index is 1.69. The molecule has 1 atom stereocenters. The van der Waals surface area contributed by atoms with Crippen LogP contribution in [0.5, 0.6) is 5.75 Å². The van der Waals surface area contributed by atoms with Gasteiger partial charge in [0.15, 0.2) is 0 Å². The molecule has 146 valence electrons. The van der Waals surface area contributed by atoms with Gasteiger partial charge in [-0.15, -0.1) is 0 Å². The lowest BCUT2D eigenvalue weighted by Gasteiger charge is -2.23. The molecule has 6 heteroatoms. The average Bonchev–Trinajstić information content (AvgIpc) is 3.18. The lowest BCUT2D eigenvalue weighted by atomic mass is 9.90. The van der Waals surface area contributed by atoms with Gasteiger partial charge >= 0.3 is 0 Å². The molecule has 2 aliphatic rings. The van der Waals surface area contributed by atoms with Gasteiger partial charge in [-0.25, -0.2) is 0 Å². The molecule has 2 aliphatic heterocycles. The molecule has 28 heavy (non-hydrogen) atoms. The van der Waals surface area contributed by atoms with Crippen LogP contribution in [0.4, 0.5) is 0 Å². The Hall–Kier alpha value is -2.86. The second-order valence-electron chi connectivity index (χ2n) is 7.16. The Morgan fingerprint density at radius 1 is 1.04 bits per heavy atom. The highest BCUT2D eigenvalue weighted by Crippen LogP contribution is 2.41. The first kappa shape index (κ1) is 18.5. The van der Waals surface area contributed by atoms with Crippen LogP contribution in [-0.4, -0.2) is 44.7 Å². The third-order valence-electron chi connectivity index (χ3n) is 5.38. The Morgan fingerprint density at radius 2 is 1.79 bits per heavy atom. The summed E-state index contributed by atoms with van der Waals surface area (Å²) in [6.45, 7) is 1.76. The summed E-state index contributed by atoms with van der Waals surface area (Å²) >= 11 is 0. The molecular formula is C22H24N2O4. The number of nitrogens with one attached hydrogen (secondary N) is 2. The van der Waals surface area contributed by atoms with Crippen molar-refractivity contribution in [1.29, 1.82) is 0 Å². The Bertz CT molecular complexity index is 876. The normalized spacial score (nSPS) is 18.8. The summed E-state index contributed by atoms with van der Waals surface area (Å²) in [6.07, 6.45) is 1.60. The highest BCUT2D eigenvalue weighted by molar-refractivity contribution is 6.02. The van der Waals surface area contributed by atoms with E-state index < -0.39 is 0 Å². The molecule has 2 aromatic carbocycles. The van der Waals surface area contributed by atoms with Crippen molar-refractivity contribution < 1.29 is 19.1 Å². The van der Waals surface area contributed by atoms with E-state index in [1.54, 1.807) is 13.1 Å². The van der Waals surface area contributed by atoms with Gasteiger partial charge < -0.3 is 20.1 Å². The van der Waals surface area contributed by atoms with Crippen molar-refractivity contribution >= 4 is 11.8 Å². The van der Waals surface area contributed by atoms with Gasteiger partial charge in [0.2, 0.25) is 0 Å². The second kappa shape index (κ2) is 8.02. The number of fused-ring (bicyclic) bond motifs is 1. The third-order valence-corrected chi connectivity index (χ3v) is 5.38. The van der Waals surface area contributed by atoms with Crippen LogP contribution in [0.15, 0.2) is 42.5 Å². The van der Waals surface area contributed by atoms with E-state index in [1.165, 1.54) is 0 Å². The van der Waals surface area contributed by atoms with Gasteiger partial charge in [0.25, 0.3) is 11.8 Å². The summed E-state index contributed by atoms with van der Waals surface area (Å²) in [5, 5.41) is 5.72. The van der Waals surface area contributed by atoms with Crippen molar-refractivity contribution in [3.8, 4) is 5.75 Å². The number of benzene rings is 2. The topological polar surface area (TPSA) is 76.7 Å². The van der Waals surface area contributed by atoms with Gasteiger partial charge in [0.1, 0.15) is 5.75 Å². The summed E-state index contributed by atoms with van der Waals surface area (Å²) in [7, 11) is 1.58. The summed E-state index contributed by atoms with van der Waals surface area (Å²) < 4.78 is 11.3. The molecule has 1 fully saturated rings. The van der Waals surface area contributed by atoms with Crippen molar-refractivity contribution in [1.82, 2.24) is 10.6 Å². The maximum absolute atomic E-state index is 12.9. The van der Waals surface area contributed by atoms with Gasteiger partial charge in [0, 0.05) is 43.3 Å². The van der Waals surface area contributed by atoms with Crippen LogP contribution < -0.4 is 15.4 Å². The minimum Gasteiger partial charge on any atom is -0.491 e. The molecule has 0 aliphatic carbocycles. The molecule has 0 spiro atoms. The molecule has 2 aromatic rings. The molecule has 1 unspecified atom stereocenters. The molecule has 0 radical (unpaired) electrons. The van der Waals surface area contributed by atoms with Crippen LogP contribution in [0, 0.1) is 0 Å². The van der Waals surface area contributed by atoms with Crippen molar-refractivity contribution in [2.75, 3.05) is 26.9 Å². The third kappa shape index (κ3) is 3.60. The molecule has 1 saturated heterocycles. The van der Waals surface area contributed by atoms with E-state index in [0.717, 1.165) is 24.0 Å². The highest BCUT2D eigenvalue weighted by atomic mass is 16.5. The zero-order valence-electron chi connectivity index (χ0n) is 15.9. The van der Waals surface area contributed by atoms with Gasteiger partial charge in [-0.2, -0.15) is 0 Å². The molecule has 0 aromatic heterocycles. The SMILES string of the molecule is CNC(=O)c1cc(C(=O)NC2CCOCC2)cc2c1OCC2c1ccccc1. The summed E-state index contributed by atoms with van der Waals surface area (Å²) in [6, 6.07) is 13.6. The number of carbonyl (C=O) groups excluding carboxylic acids is 2. The molecule has 2 amide bonds. The number of hydrogen-bond acceptors (Lipinski definition) is 4. The van der Waals surface area contributed by atoms with E-state index in [9.17, 15) is 9.59 Å². The fourth-order valence-electron chi connectivity index (χ4n) is 3.83. The number of carbonyl (C=O) groups is 2. The van der Waals surface area contributed by atoms with Crippen LogP contribution >= 0.6 is 0 Å². The van der Waals surface area contributed by atoms with E-state index in [2.05, 4.69) is 10.6 Å². The van der Waals surface area contributed by atoms with E-state index in [4.69, 9.17) is 9.47 Å². The van der Waals surface area contributed by atoms with Gasteiger partial charge in [0.05, 0.1) is 12.2 Å². The molecule has 6 nitrogen and oxygen atoms in total. The summed E-state index contributed by atoms with van der Waals surface area (Å²) in [5.74, 6) is 0.135. The van der Waals surface area contributed by atoms with E-state index in [1.807, 2.05) is 36.4 Å². The number of rotatable bonds is 4. The fraction of sp³-hybridized carbons (Fsp3) is 0.364. The van der Waals surface area contributed by atoms with Crippen LogP contribution in [0.3, 0.4) is 0 Å². The largest absolute Gasteiger partial charge is 0.491 e. The molecule has 0 bridgehead atoms. The first-order valence-corrected chi connectivity index (χ1v) is 9.63. The Labute approximate surface area is 164 Å². The number of ether oxygens (including phenoxy) is 2. The second-order valence-corrected chi connectivity index (χ2v) is 7.16. The smallest absolute Gasteiger partial charge is 0.254 e. The minimum absolute atomic E-state index is 0.00423.